The molecule has 1 fully saturated rings. The molecule has 0 aliphatic carbocycles. The van der Waals surface area contributed by atoms with E-state index in [2.05, 4.69) is 0 Å². The molecule has 1 aliphatic heterocycles. The lowest BCUT2D eigenvalue weighted by Gasteiger charge is -2.33. The molecule has 1 aliphatic rings. The van der Waals surface area contributed by atoms with Gasteiger partial charge in [-0.3, -0.25) is 9.59 Å². The zero-order valence-electron chi connectivity index (χ0n) is 13.3. The number of hydrogen-bond acceptors (Lipinski definition) is 4. The second-order valence-corrected chi connectivity index (χ2v) is 6.72. The van der Waals surface area contributed by atoms with Crippen molar-refractivity contribution in [1.29, 1.82) is 0 Å². The Kier molecular flexibility index (Phi) is 7.52. The van der Waals surface area contributed by atoms with Crippen molar-refractivity contribution in [1.82, 2.24) is 4.90 Å². The van der Waals surface area contributed by atoms with E-state index in [1.54, 1.807) is 7.11 Å². The SMILES string of the molecule is CCC(CC)(CC(=O)N(CCOC)C1CCSC1)C(=O)O. The summed E-state index contributed by atoms with van der Waals surface area (Å²) in [6, 6.07) is 0.220. The highest BCUT2D eigenvalue weighted by molar-refractivity contribution is 7.99. The third-order valence-corrected chi connectivity index (χ3v) is 5.64. The van der Waals surface area contributed by atoms with Crippen molar-refractivity contribution in [3.8, 4) is 0 Å². The van der Waals surface area contributed by atoms with Crippen molar-refractivity contribution in [2.45, 2.75) is 45.6 Å². The molecular weight excluding hydrogens is 290 g/mol. The van der Waals surface area contributed by atoms with Crippen LogP contribution in [0.4, 0.5) is 0 Å². The lowest BCUT2D eigenvalue weighted by Crippen LogP contribution is -2.45. The highest BCUT2D eigenvalue weighted by Gasteiger charge is 2.39. The van der Waals surface area contributed by atoms with Gasteiger partial charge in [-0.1, -0.05) is 13.8 Å². The van der Waals surface area contributed by atoms with Gasteiger partial charge in [-0.15, -0.1) is 0 Å². The number of carboxylic acid groups (broad SMARTS) is 1. The molecule has 1 saturated heterocycles. The van der Waals surface area contributed by atoms with E-state index in [4.69, 9.17) is 4.74 Å². The van der Waals surface area contributed by atoms with Gasteiger partial charge in [-0.25, -0.2) is 0 Å². The molecule has 0 spiro atoms. The summed E-state index contributed by atoms with van der Waals surface area (Å²) >= 11 is 1.85. The lowest BCUT2D eigenvalue weighted by molar-refractivity contribution is -0.155. The normalized spacial score (nSPS) is 18.7. The van der Waals surface area contributed by atoms with Crippen molar-refractivity contribution in [2.24, 2.45) is 5.41 Å². The summed E-state index contributed by atoms with van der Waals surface area (Å²) in [5, 5.41) is 9.50. The maximum absolute atomic E-state index is 12.7. The molecule has 6 heteroatoms. The van der Waals surface area contributed by atoms with Crippen LogP contribution in [0.2, 0.25) is 0 Å². The smallest absolute Gasteiger partial charge is 0.310 e. The molecule has 0 aromatic carbocycles. The van der Waals surface area contributed by atoms with Crippen LogP contribution in [-0.2, 0) is 14.3 Å². The summed E-state index contributed by atoms with van der Waals surface area (Å²) in [6.45, 7) is 4.72. The van der Waals surface area contributed by atoms with Crippen molar-refractivity contribution in [3.63, 3.8) is 0 Å². The molecule has 1 amide bonds. The minimum Gasteiger partial charge on any atom is -0.481 e. The van der Waals surface area contributed by atoms with Crippen molar-refractivity contribution < 1.29 is 19.4 Å². The van der Waals surface area contributed by atoms with E-state index < -0.39 is 11.4 Å². The van der Waals surface area contributed by atoms with E-state index in [-0.39, 0.29) is 18.4 Å². The van der Waals surface area contributed by atoms with Gasteiger partial charge in [0.05, 0.1) is 12.0 Å². The van der Waals surface area contributed by atoms with Crippen LogP contribution in [0.25, 0.3) is 0 Å². The molecule has 1 unspecified atom stereocenters. The van der Waals surface area contributed by atoms with Crippen molar-refractivity contribution >= 4 is 23.6 Å². The van der Waals surface area contributed by atoms with Gasteiger partial charge in [-0.05, 0) is 25.0 Å². The van der Waals surface area contributed by atoms with Crippen molar-refractivity contribution in [2.75, 3.05) is 31.8 Å². The largest absolute Gasteiger partial charge is 0.481 e. The first-order chi connectivity index (χ1) is 10.0. The van der Waals surface area contributed by atoms with Crippen LogP contribution in [0.1, 0.15) is 39.5 Å². The minimum absolute atomic E-state index is 0.0503. The average molecular weight is 317 g/mol. The first kappa shape index (κ1) is 18.3. The maximum atomic E-state index is 12.7. The summed E-state index contributed by atoms with van der Waals surface area (Å²) in [4.78, 5) is 26.1. The van der Waals surface area contributed by atoms with Crippen LogP contribution in [0.15, 0.2) is 0 Å². The fourth-order valence-electron chi connectivity index (χ4n) is 2.74. The summed E-state index contributed by atoms with van der Waals surface area (Å²) in [7, 11) is 1.62. The average Bonchev–Trinajstić information content (AvgIpc) is 2.99. The predicted octanol–water partition coefficient (Wildman–Crippen LogP) is 2.25. The number of thioether (sulfide) groups is 1. The van der Waals surface area contributed by atoms with Crippen LogP contribution in [0.3, 0.4) is 0 Å². The van der Waals surface area contributed by atoms with Crippen LogP contribution < -0.4 is 0 Å². The Morgan fingerprint density at radius 1 is 1.38 bits per heavy atom. The fraction of sp³-hybridized carbons (Fsp3) is 0.867. The molecule has 1 N–H and O–H groups in total. The molecule has 0 aromatic rings. The third-order valence-electron chi connectivity index (χ3n) is 4.50. The molecule has 5 nitrogen and oxygen atoms in total. The maximum Gasteiger partial charge on any atom is 0.310 e. The van der Waals surface area contributed by atoms with Crippen LogP contribution >= 0.6 is 11.8 Å². The molecule has 0 bridgehead atoms. The Labute approximate surface area is 131 Å². The molecule has 122 valence electrons. The highest BCUT2D eigenvalue weighted by atomic mass is 32.2. The van der Waals surface area contributed by atoms with E-state index in [9.17, 15) is 14.7 Å². The van der Waals surface area contributed by atoms with E-state index >= 15 is 0 Å². The number of aliphatic carboxylic acids is 1. The molecule has 0 aromatic heterocycles. The Bertz CT molecular complexity index is 352. The standard InChI is InChI=1S/C15H27NO4S/c1-4-15(5-2,14(18)19)10-13(17)16(7-8-20-3)12-6-9-21-11-12/h12H,4-11H2,1-3H3,(H,18,19). The number of hydrogen-bond donors (Lipinski definition) is 1. The monoisotopic (exact) mass is 317 g/mol. The van der Waals surface area contributed by atoms with Gasteiger partial charge in [0, 0.05) is 31.9 Å². The zero-order valence-corrected chi connectivity index (χ0v) is 14.1. The Hall–Kier alpha value is -0.750. The number of carbonyl (C=O) groups excluding carboxylic acids is 1. The fourth-order valence-corrected chi connectivity index (χ4v) is 3.96. The number of amides is 1. The second kappa shape index (κ2) is 8.63. The van der Waals surface area contributed by atoms with Crippen molar-refractivity contribution in [3.05, 3.63) is 0 Å². The highest BCUT2D eigenvalue weighted by Crippen LogP contribution is 2.33. The Balaban J connectivity index is 2.80. The van der Waals surface area contributed by atoms with Crippen LogP contribution in [-0.4, -0.2) is 59.7 Å². The first-order valence-electron chi connectivity index (χ1n) is 7.60. The molecule has 1 rings (SSSR count). The van der Waals surface area contributed by atoms with Gasteiger partial charge in [0.15, 0.2) is 0 Å². The van der Waals surface area contributed by atoms with Gasteiger partial charge in [0.25, 0.3) is 0 Å². The van der Waals surface area contributed by atoms with Gasteiger partial charge in [0.1, 0.15) is 0 Å². The number of methoxy groups -OCH3 is 1. The molecule has 1 atom stereocenters. The quantitative estimate of drug-likeness (QED) is 0.706. The summed E-state index contributed by atoms with van der Waals surface area (Å²) < 4.78 is 5.10. The van der Waals surface area contributed by atoms with Gasteiger partial charge in [-0.2, -0.15) is 11.8 Å². The molecular formula is C15H27NO4S. The first-order valence-corrected chi connectivity index (χ1v) is 8.75. The van der Waals surface area contributed by atoms with E-state index in [0.29, 0.717) is 26.0 Å². The summed E-state index contributed by atoms with van der Waals surface area (Å²) in [5.41, 5.74) is -0.936. The van der Waals surface area contributed by atoms with Crippen LogP contribution in [0.5, 0.6) is 0 Å². The van der Waals surface area contributed by atoms with E-state index in [1.165, 1.54) is 0 Å². The third kappa shape index (κ3) is 4.61. The minimum atomic E-state index is -0.936. The molecule has 0 radical (unpaired) electrons. The van der Waals surface area contributed by atoms with Gasteiger partial charge >= 0.3 is 5.97 Å². The predicted molar refractivity (Wildman–Crippen MR) is 84.6 cm³/mol. The van der Waals surface area contributed by atoms with E-state index in [1.807, 2.05) is 30.5 Å². The number of rotatable bonds is 9. The lowest BCUT2D eigenvalue weighted by atomic mass is 9.79. The molecule has 1 heterocycles. The number of carbonyl (C=O) groups is 2. The Morgan fingerprint density at radius 3 is 2.48 bits per heavy atom. The molecule has 21 heavy (non-hydrogen) atoms. The van der Waals surface area contributed by atoms with E-state index in [0.717, 1.165) is 17.9 Å². The number of carboxylic acids is 1. The summed E-state index contributed by atoms with van der Waals surface area (Å²) in [6.07, 6.45) is 2.02. The van der Waals surface area contributed by atoms with Gasteiger partial charge < -0.3 is 14.7 Å². The Morgan fingerprint density at radius 2 is 2.05 bits per heavy atom. The second-order valence-electron chi connectivity index (χ2n) is 5.57. The number of ether oxygens (including phenoxy) is 1. The molecule has 0 saturated carbocycles. The zero-order chi connectivity index (χ0) is 15.9. The summed E-state index contributed by atoms with van der Waals surface area (Å²) in [5.74, 6) is 1.08. The topological polar surface area (TPSA) is 66.8 Å². The van der Waals surface area contributed by atoms with Gasteiger partial charge in [0.2, 0.25) is 5.91 Å². The number of nitrogens with zero attached hydrogens (tertiary/aromatic N) is 1. The van der Waals surface area contributed by atoms with Crippen LogP contribution in [0, 0.1) is 5.41 Å².